The summed E-state index contributed by atoms with van der Waals surface area (Å²) in [6.07, 6.45) is -0.875. The summed E-state index contributed by atoms with van der Waals surface area (Å²) in [6.45, 7) is 0.121. The Kier molecular flexibility index (Phi) is 4.32. The zero-order valence-electron chi connectivity index (χ0n) is 8.89. The van der Waals surface area contributed by atoms with Crippen LogP contribution in [-0.2, 0) is 0 Å². The fraction of sp³-hybridized carbons (Fsp3) is 0.444. The van der Waals surface area contributed by atoms with Crippen molar-refractivity contribution >= 4 is 5.69 Å². The maximum absolute atomic E-state index is 11.0. The van der Waals surface area contributed by atoms with Gasteiger partial charge in [-0.15, -0.1) is 0 Å². The van der Waals surface area contributed by atoms with Crippen LogP contribution in [0.4, 0.5) is 5.69 Å². The van der Waals surface area contributed by atoms with E-state index in [1.165, 1.54) is 0 Å². The summed E-state index contributed by atoms with van der Waals surface area (Å²) in [5, 5.41) is 40.9. The molecule has 1 aromatic rings. The molecule has 0 aliphatic heterocycles. The maximum atomic E-state index is 11.0. The van der Waals surface area contributed by atoms with Crippen molar-refractivity contribution in [3.05, 3.63) is 39.3 Å². The number of aromatic nitrogens is 1. The second-order valence-electron chi connectivity index (χ2n) is 3.49. The first kappa shape index (κ1) is 13.3. The molecule has 0 aliphatic carbocycles. The average Bonchev–Trinajstić information content (AvgIpc) is 2.27. The third-order valence-corrected chi connectivity index (χ3v) is 2.28. The minimum Gasteiger partial charge on any atom is -0.619 e. The van der Waals surface area contributed by atoms with Crippen molar-refractivity contribution in [3.63, 3.8) is 0 Å². The summed E-state index contributed by atoms with van der Waals surface area (Å²) in [5.74, 6) is 0. The van der Waals surface area contributed by atoms with E-state index in [0.717, 1.165) is 18.5 Å². The van der Waals surface area contributed by atoms with Crippen molar-refractivity contribution in [2.24, 2.45) is 5.73 Å². The van der Waals surface area contributed by atoms with Gasteiger partial charge in [0, 0.05) is 0 Å². The molecule has 0 amide bonds. The number of nitro groups is 1. The zero-order valence-corrected chi connectivity index (χ0v) is 8.89. The van der Waals surface area contributed by atoms with Crippen LogP contribution in [-0.4, -0.2) is 27.8 Å². The van der Waals surface area contributed by atoms with Crippen LogP contribution in [0.2, 0.25) is 0 Å². The van der Waals surface area contributed by atoms with Crippen LogP contribution in [0.25, 0.3) is 0 Å². The molecule has 1 aromatic heterocycles. The SMILES string of the molecule is NCCC(O)C(O)c1c[n+]([O-])ccc1[N+](=O)[O-]. The third-order valence-electron chi connectivity index (χ3n) is 2.28. The first-order valence-corrected chi connectivity index (χ1v) is 4.90. The topological polar surface area (TPSA) is 137 Å². The second kappa shape index (κ2) is 5.53. The van der Waals surface area contributed by atoms with E-state index in [2.05, 4.69) is 0 Å². The Morgan fingerprint density at radius 3 is 2.71 bits per heavy atom. The molecule has 0 radical (unpaired) electrons. The van der Waals surface area contributed by atoms with E-state index in [1.54, 1.807) is 0 Å². The van der Waals surface area contributed by atoms with Gasteiger partial charge in [-0.05, 0) is 13.0 Å². The van der Waals surface area contributed by atoms with Gasteiger partial charge in [-0.25, -0.2) is 0 Å². The van der Waals surface area contributed by atoms with E-state index in [4.69, 9.17) is 5.73 Å². The van der Waals surface area contributed by atoms with Gasteiger partial charge in [0.25, 0.3) is 5.69 Å². The molecule has 0 aliphatic rings. The molecule has 17 heavy (non-hydrogen) atoms. The molecule has 4 N–H and O–H groups in total. The monoisotopic (exact) mass is 243 g/mol. The van der Waals surface area contributed by atoms with Crippen molar-refractivity contribution in [1.29, 1.82) is 0 Å². The molecular formula is C9H13N3O5. The number of hydrogen-bond acceptors (Lipinski definition) is 6. The fourth-order valence-corrected chi connectivity index (χ4v) is 1.42. The van der Waals surface area contributed by atoms with Gasteiger partial charge in [0.15, 0.2) is 12.4 Å². The fourth-order valence-electron chi connectivity index (χ4n) is 1.42. The Hall–Kier alpha value is -1.77. The van der Waals surface area contributed by atoms with Crippen molar-refractivity contribution in [2.45, 2.75) is 18.6 Å². The number of nitrogens with zero attached hydrogens (tertiary/aromatic N) is 2. The summed E-state index contributed by atoms with van der Waals surface area (Å²) in [4.78, 5) is 9.97. The molecular weight excluding hydrogens is 230 g/mol. The highest BCUT2D eigenvalue weighted by Gasteiger charge is 2.28. The predicted octanol–water partition coefficient (Wildman–Crippen LogP) is -1.03. The van der Waals surface area contributed by atoms with Crippen LogP contribution < -0.4 is 10.5 Å². The second-order valence-corrected chi connectivity index (χ2v) is 3.49. The van der Waals surface area contributed by atoms with Gasteiger partial charge in [0.2, 0.25) is 0 Å². The number of hydrogen-bond donors (Lipinski definition) is 3. The summed E-state index contributed by atoms with van der Waals surface area (Å²) in [7, 11) is 0. The molecule has 0 saturated carbocycles. The van der Waals surface area contributed by atoms with Crippen LogP contribution in [0, 0.1) is 15.3 Å². The van der Waals surface area contributed by atoms with E-state index in [1.807, 2.05) is 0 Å². The normalized spacial score (nSPS) is 14.3. The molecule has 94 valence electrons. The molecule has 0 saturated heterocycles. The number of rotatable bonds is 5. The molecule has 0 fully saturated rings. The van der Waals surface area contributed by atoms with Crippen molar-refractivity contribution < 1.29 is 19.9 Å². The number of nitrogens with two attached hydrogens (primary N) is 1. The van der Waals surface area contributed by atoms with Gasteiger partial charge in [0.05, 0.1) is 17.1 Å². The van der Waals surface area contributed by atoms with E-state index in [9.17, 15) is 25.5 Å². The van der Waals surface area contributed by atoms with Gasteiger partial charge < -0.3 is 21.2 Å². The molecule has 1 heterocycles. The summed E-state index contributed by atoms with van der Waals surface area (Å²) in [5.41, 5.74) is 4.56. The Bertz CT molecular complexity index is 412. The predicted molar refractivity (Wildman–Crippen MR) is 56.7 cm³/mol. The lowest BCUT2D eigenvalue weighted by molar-refractivity contribution is -0.606. The molecule has 8 heteroatoms. The van der Waals surface area contributed by atoms with Crippen molar-refractivity contribution in [2.75, 3.05) is 6.54 Å². The summed E-state index contributed by atoms with van der Waals surface area (Å²) >= 11 is 0. The average molecular weight is 243 g/mol. The highest BCUT2D eigenvalue weighted by atomic mass is 16.6. The van der Waals surface area contributed by atoms with Crippen LogP contribution >= 0.6 is 0 Å². The zero-order chi connectivity index (χ0) is 13.0. The largest absolute Gasteiger partial charge is 0.619 e. The van der Waals surface area contributed by atoms with E-state index in [0.29, 0.717) is 4.73 Å². The molecule has 2 atom stereocenters. The molecule has 8 nitrogen and oxygen atoms in total. The van der Waals surface area contributed by atoms with Gasteiger partial charge in [0.1, 0.15) is 11.7 Å². The van der Waals surface area contributed by atoms with Crippen LogP contribution in [0.3, 0.4) is 0 Å². The Morgan fingerprint density at radius 1 is 1.53 bits per heavy atom. The molecule has 2 unspecified atom stereocenters. The number of pyridine rings is 1. The lowest BCUT2D eigenvalue weighted by atomic mass is 10.0. The molecule has 1 rings (SSSR count). The lowest BCUT2D eigenvalue weighted by Gasteiger charge is -2.16. The first-order valence-electron chi connectivity index (χ1n) is 4.90. The number of aliphatic hydroxyl groups excluding tert-OH is 2. The van der Waals surface area contributed by atoms with Gasteiger partial charge in [-0.3, -0.25) is 10.1 Å². The minimum absolute atomic E-state index is 0.0755. The molecule has 0 bridgehead atoms. The van der Waals surface area contributed by atoms with Gasteiger partial charge >= 0.3 is 0 Å². The first-order chi connectivity index (χ1) is 7.97. The minimum atomic E-state index is -1.51. The maximum Gasteiger partial charge on any atom is 0.287 e. The lowest BCUT2D eigenvalue weighted by Crippen LogP contribution is -2.29. The van der Waals surface area contributed by atoms with Crippen LogP contribution in [0.15, 0.2) is 18.5 Å². The smallest absolute Gasteiger partial charge is 0.287 e. The standard InChI is InChI=1S/C9H13N3O5/c10-3-1-8(13)9(14)6-5-11(15)4-2-7(6)12(16)17/h2,4-5,8-9,13-14H,1,3,10H2. The van der Waals surface area contributed by atoms with Crippen LogP contribution in [0.5, 0.6) is 0 Å². The third kappa shape index (κ3) is 3.09. The van der Waals surface area contributed by atoms with E-state index < -0.39 is 22.8 Å². The molecule has 0 aromatic carbocycles. The Balaban J connectivity index is 3.10. The highest BCUT2D eigenvalue weighted by molar-refractivity contribution is 5.37. The van der Waals surface area contributed by atoms with E-state index in [-0.39, 0.29) is 18.5 Å². The van der Waals surface area contributed by atoms with Crippen LogP contribution in [0.1, 0.15) is 18.1 Å². The van der Waals surface area contributed by atoms with Gasteiger partial charge in [-0.2, -0.15) is 4.73 Å². The molecule has 0 spiro atoms. The van der Waals surface area contributed by atoms with Crippen molar-refractivity contribution in [3.8, 4) is 0 Å². The van der Waals surface area contributed by atoms with E-state index >= 15 is 0 Å². The number of aliphatic hydroxyl groups is 2. The summed E-state index contributed by atoms with van der Waals surface area (Å²) in [6, 6.07) is 0.973. The quantitative estimate of drug-likeness (QED) is 0.262. The highest BCUT2D eigenvalue weighted by Crippen LogP contribution is 2.26. The Morgan fingerprint density at radius 2 is 2.18 bits per heavy atom. The van der Waals surface area contributed by atoms with Gasteiger partial charge in [-0.1, -0.05) is 0 Å². The Labute approximate surface area is 96.7 Å². The summed E-state index contributed by atoms with van der Waals surface area (Å²) < 4.78 is 0.320. The van der Waals surface area contributed by atoms with Crippen molar-refractivity contribution in [1.82, 2.24) is 0 Å².